The highest BCUT2D eigenvalue weighted by Crippen LogP contribution is 2.35. The Kier molecular flexibility index (Phi) is 5.98. The number of hydrogen-bond acceptors (Lipinski definition) is 4. The molecule has 0 amide bonds. The maximum atomic E-state index is 13.3. The second kappa shape index (κ2) is 7.64. The van der Waals surface area contributed by atoms with Crippen molar-refractivity contribution in [2.75, 3.05) is 18.0 Å². The van der Waals surface area contributed by atoms with Gasteiger partial charge in [0, 0.05) is 13.1 Å². The summed E-state index contributed by atoms with van der Waals surface area (Å²) >= 11 is 0. The number of rotatable bonds is 4. The number of benzene rings is 2. The van der Waals surface area contributed by atoms with Gasteiger partial charge in [-0.3, -0.25) is 4.31 Å². The van der Waals surface area contributed by atoms with Crippen LogP contribution in [0.1, 0.15) is 23.1 Å². The van der Waals surface area contributed by atoms with Gasteiger partial charge in [0.2, 0.25) is 0 Å². The predicted octanol–water partition coefficient (Wildman–Crippen LogP) is 3.03. The van der Waals surface area contributed by atoms with E-state index in [1.165, 1.54) is 11.4 Å². The quantitative estimate of drug-likeness (QED) is 0.882. The van der Waals surface area contributed by atoms with Crippen molar-refractivity contribution in [3.63, 3.8) is 0 Å². The van der Waals surface area contributed by atoms with Gasteiger partial charge >= 0.3 is 0 Å². The van der Waals surface area contributed by atoms with Crippen molar-refractivity contribution >= 4 is 28.1 Å². The van der Waals surface area contributed by atoms with Crippen molar-refractivity contribution < 1.29 is 13.2 Å². The molecular weight excluding hydrogens is 360 g/mol. The van der Waals surface area contributed by atoms with E-state index in [1.807, 2.05) is 31.2 Å². The zero-order valence-corrected chi connectivity index (χ0v) is 16.0. The van der Waals surface area contributed by atoms with Gasteiger partial charge in [-0.2, -0.15) is 0 Å². The zero-order valence-electron chi connectivity index (χ0n) is 14.4. The van der Waals surface area contributed by atoms with Gasteiger partial charge in [-0.25, -0.2) is 8.42 Å². The molecule has 1 aliphatic heterocycles. The molecule has 0 spiro atoms. The Bertz CT molecular complexity index is 869. The largest absolute Gasteiger partial charge is 0.495 e. The Morgan fingerprint density at radius 1 is 1.20 bits per heavy atom. The van der Waals surface area contributed by atoms with E-state index in [1.54, 1.807) is 12.1 Å². The summed E-state index contributed by atoms with van der Waals surface area (Å²) in [5.41, 5.74) is 9.36. The van der Waals surface area contributed by atoms with E-state index in [2.05, 4.69) is 0 Å². The molecule has 1 heterocycles. The van der Waals surface area contributed by atoms with Crippen LogP contribution < -0.4 is 14.8 Å². The van der Waals surface area contributed by atoms with Crippen molar-refractivity contribution in [2.24, 2.45) is 5.73 Å². The number of methoxy groups -OCH3 is 1. The lowest BCUT2D eigenvalue weighted by molar-refractivity contribution is 0.402. The van der Waals surface area contributed by atoms with Crippen LogP contribution in [0.25, 0.3) is 0 Å². The highest BCUT2D eigenvalue weighted by molar-refractivity contribution is 7.93. The van der Waals surface area contributed by atoms with E-state index in [0.29, 0.717) is 18.8 Å². The zero-order chi connectivity index (χ0) is 17.3. The normalized spacial score (nSPS) is 13.8. The number of hydrogen-bond donors (Lipinski definition) is 1. The average Bonchev–Trinajstić information content (AvgIpc) is 2.60. The fraction of sp³-hybridized carbons (Fsp3) is 0.333. The summed E-state index contributed by atoms with van der Waals surface area (Å²) in [4.78, 5) is 0.209. The van der Waals surface area contributed by atoms with Crippen LogP contribution in [0.15, 0.2) is 41.3 Å². The molecule has 0 aromatic heterocycles. The first-order chi connectivity index (χ1) is 11.5. The minimum atomic E-state index is -3.68. The van der Waals surface area contributed by atoms with E-state index in [-0.39, 0.29) is 17.3 Å². The fourth-order valence-electron chi connectivity index (χ4n) is 3.10. The van der Waals surface area contributed by atoms with Crippen molar-refractivity contribution in [3.05, 3.63) is 53.1 Å². The van der Waals surface area contributed by atoms with Crippen LogP contribution >= 0.6 is 12.4 Å². The molecule has 25 heavy (non-hydrogen) atoms. The standard InChI is InChI=1S/C18H22N2O3S.ClH/c1-13-5-8-17(23-2)18(10-13)24(21,22)20-9-3-4-15-11-14(12-19)6-7-16(15)20;/h5-8,10-11H,3-4,9,12,19H2,1-2H3;1H. The Labute approximate surface area is 155 Å². The lowest BCUT2D eigenvalue weighted by Gasteiger charge is -2.31. The SMILES string of the molecule is COc1ccc(C)cc1S(=O)(=O)N1CCCc2cc(CN)ccc21.Cl. The van der Waals surface area contributed by atoms with Gasteiger partial charge in [0.05, 0.1) is 12.8 Å². The maximum Gasteiger partial charge on any atom is 0.268 e. The lowest BCUT2D eigenvalue weighted by Crippen LogP contribution is -2.35. The molecule has 0 unspecified atom stereocenters. The highest BCUT2D eigenvalue weighted by atomic mass is 35.5. The molecule has 0 fully saturated rings. The molecule has 0 atom stereocenters. The first-order valence-corrected chi connectivity index (χ1v) is 9.40. The van der Waals surface area contributed by atoms with Gasteiger partial charge in [0.1, 0.15) is 10.6 Å². The van der Waals surface area contributed by atoms with Crippen molar-refractivity contribution in [1.29, 1.82) is 0 Å². The summed E-state index contributed by atoms with van der Waals surface area (Å²) in [7, 11) is -2.20. The molecule has 5 nitrogen and oxygen atoms in total. The maximum absolute atomic E-state index is 13.3. The molecule has 0 radical (unpaired) electrons. The molecule has 2 aromatic rings. The van der Waals surface area contributed by atoms with E-state index in [9.17, 15) is 8.42 Å². The Morgan fingerprint density at radius 2 is 1.96 bits per heavy atom. The van der Waals surface area contributed by atoms with Crippen molar-refractivity contribution in [3.8, 4) is 5.75 Å². The topological polar surface area (TPSA) is 72.6 Å². The Hall–Kier alpha value is -1.76. The van der Waals surface area contributed by atoms with Crippen LogP contribution in [0.3, 0.4) is 0 Å². The third kappa shape index (κ3) is 3.61. The van der Waals surface area contributed by atoms with Gasteiger partial charge < -0.3 is 10.5 Å². The van der Waals surface area contributed by atoms with Crippen LogP contribution in [0.2, 0.25) is 0 Å². The molecule has 0 bridgehead atoms. The molecular formula is C18H23ClN2O3S. The van der Waals surface area contributed by atoms with Crippen LogP contribution in [0, 0.1) is 6.92 Å². The third-order valence-electron chi connectivity index (χ3n) is 4.34. The van der Waals surface area contributed by atoms with Gasteiger partial charge in [0.25, 0.3) is 10.0 Å². The first-order valence-electron chi connectivity index (χ1n) is 7.96. The summed E-state index contributed by atoms with van der Waals surface area (Å²) < 4.78 is 33.3. The first kappa shape index (κ1) is 19.6. The summed E-state index contributed by atoms with van der Waals surface area (Å²) in [6, 6.07) is 11.0. The Morgan fingerprint density at radius 3 is 2.64 bits per heavy atom. The summed E-state index contributed by atoms with van der Waals surface area (Å²) in [5, 5.41) is 0. The summed E-state index contributed by atoms with van der Waals surface area (Å²) in [6.45, 7) is 2.79. The van der Waals surface area contributed by atoms with Gasteiger partial charge in [-0.05, 0) is 54.7 Å². The molecule has 1 aliphatic rings. The molecule has 0 aliphatic carbocycles. The number of nitrogens with zero attached hydrogens (tertiary/aromatic N) is 1. The van der Waals surface area contributed by atoms with Crippen LogP contribution in [0.4, 0.5) is 5.69 Å². The molecule has 7 heteroatoms. The second-order valence-electron chi connectivity index (χ2n) is 6.00. The monoisotopic (exact) mass is 382 g/mol. The number of fused-ring (bicyclic) bond motifs is 1. The predicted molar refractivity (Wildman–Crippen MR) is 102 cm³/mol. The summed E-state index contributed by atoms with van der Waals surface area (Å²) in [6.07, 6.45) is 1.65. The number of halogens is 1. The molecule has 0 saturated heterocycles. The highest BCUT2D eigenvalue weighted by Gasteiger charge is 2.31. The van der Waals surface area contributed by atoms with E-state index >= 15 is 0 Å². The van der Waals surface area contributed by atoms with Crippen LogP contribution in [0.5, 0.6) is 5.75 Å². The number of sulfonamides is 1. The Balaban J connectivity index is 0.00000225. The number of ether oxygens (including phenoxy) is 1. The molecule has 0 saturated carbocycles. The lowest BCUT2D eigenvalue weighted by atomic mass is 10.0. The fourth-order valence-corrected chi connectivity index (χ4v) is 4.88. The van der Waals surface area contributed by atoms with Gasteiger partial charge in [0.15, 0.2) is 0 Å². The van der Waals surface area contributed by atoms with Crippen LogP contribution in [-0.4, -0.2) is 22.1 Å². The van der Waals surface area contributed by atoms with Gasteiger partial charge in [-0.1, -0.05) is 18.2 Å². The van der Waals surface area contributed by atoms with Crippen LogP contribution in [-0.2, 0) is 23.0 Å². The molecule has 2 N–H and O–H groups in total. The molecule has 3 rings (SSSR count). The van der Waals surface area contributed by atoms with Crippen molar-refractivity contribution in [1.82, 2.24) is 0 Å². The molecule has 136 valence electrons. The summed E-state index contributed by atoms with van der Waals surface area (Å²) in [5.74, 6) is 0.367. The average molecular weight is 383 g/mol. The minimum absolute atomic E-state index is 0. The minimum Gasteiger partial charge on any atom is -0.495 e. The smallest absolute Gasteiger partial charge is 0.268 e. The number of anilines is 1. The van der Waals surface area contributed by atoms with Crippen molar-refractivity contribution in [2.45, 2.75) is 31.2 Å². The van der Waals surface area contributed by atoms with E-state index in [0.717, 1.165) is 35.2 Å². The molecule has 2 aromatic carbocycles. The number of nitrogens with two attached hydrogens (primary N) is 1. The van der Waals surface area contributed by atoms with E-state index < -0.39 is 10.0 Å². The number of aryl methyl sites for hydroxylation is 2. The van der Waals surface area contributed by atoms with E-state index in [4.69, 9.17) is 10.5 Å². The third-order valence-corrected chi connectivity index (χ3v) is 6.18. The van der Waals surface area contributed by atoms with Gasteiger partial charge in [-0.15, -0.1) is 12.4 Å². The second-order valence-corrected chi connectivity index (χ2v) is 7.83.